The van der Waals surface area contributed by atoms with Crippen LogP contribution in [-0.4, -0.2) is 58.7 Å². The van der Waals surface area contributed by atoms with Crippen LogP contribution in [0.3, 0.4) is 0 Å². The predicted molar refractivity (Wildman–Crippen MR) is 87.5 cm³/mol. The van der Waals surface area contributed by atoms with Gasteiger partial charge in [-0.1, -0.05) is 0 Å². The third-order valence-corrected chi connectivity index (χ3v) is 3.09. The van der Waals surface area contributed by atoms with E-state index in [1.807, 2.05) is 0 Å². The van der Waals surface area contributed by atoms with Gasteiger partial charge in [-0.3, -0.25) is 0 Å². The molecule has 0 aliphatic carbocycles. The van der Waals surface area contributed by atoms with Gasteiger partial charge >= 0.3 is 11.9 Å². The molecule has 8 nitrogen and oxygen atoms in total. The first-order valence-corrected chi connectivity index (χ1v) is 8.03. The van der Waals surface area contributed by atoms with Gasteiger partial charge in [0.05, 0.1) is 25.4 Å². The summed E-state index contributed by atoms with van der Waals surface area (Å²) in [7, 11) is 0. The van der Waals surface area contributed by atoms with Gasteiger partial charge in [0.2, 0.25) is 0 Å². The lowest BCUT2D eigenvalue weighted by molar-refractivity contribution is -0.151. The Hall–Kier alpha value is -1.54. The van der Waals surface area contributed by atoms with E-state index in [0.717, 1.165) is 0 Å². The van der Waals surface area contributed by atoms with E-state index in [9.17, 15) is 9.59 Å². The first-order valence-electron chi connectivity index (χ1n) is 8.03. The molecule has 2 N–H and O–H groups in total. The number of nitrogens with zero attached hydrogens (tertiary/aromatic N) is 2. The first-order chi connectivity index (χ1) is 10.9. The maximum atomic E-state index is 12.0. The summed E-state index contributed by atoms with van der Waals surface area (Å²) in [5.74, 6) is -1.18. The normalized spacial score (nSPS) is 15.2. The van der Waals surface area contributed by atoms with Crippen LogP contribution in [0.5, 0.6) is 0 Å². The molecule has 0 fully saturated rings. The standard InChI is InChI=1S/C16H30N2O6/c1-11(19)7-9-23-13(21)15(3,4)17-18-16(5,6)14(22)24-10-8-12(2)20/h11-12,19-20H,7-10H2,1-6H3. The summed E-state index contributed by atoms with van der Waals surface area (Å²) >= 11 is 0. The molecule has 0 amide bonds. The Morgan fingerprint density at radius 3 is 1.38 bits per heavy atom. The average molecular weight is 346 g/mol. The van der Waals surface area contributed by atoms with Crippen LogP contribution >= 0.6 is 0 Å². The predicted octanol–water partition coefficient (Wildman–Crippen LogP) is 1.62. The summed E-state index contributed by atoms with van der Waals surface area (Å²) in [6.45, 7) is 9.47. The minimum absolute atomic E-state index is 0.0836. The highest BCUT2D eigenvalue weighted by molar-refractivity contribution is 5.81. The van der Waals surface area contributed by atoms with E-state index < -0.39 is 35.2 Å². The lowest BCUT2D eigenvalue weighted by atomic mass is 10.1. The quantitative estimate of drug-likeness (QED) is 0.458. The summed E-state index contributed by atoms with van der Waals surface area (Å²) in [6.07, 6.45) is -0.448. The number of rotatable bonds is 10. The van der Waals surface area contributed by atoms with Crippen LogP contribution in [0.1, 0.15) is 54.4 Å². The number of carbonyl (C=O) groups excluding carboxylic acids is 2. The monoisotopic (exact) mass is 346 g/mol. The second-order valence-electron chi connectivity index (χ2n) is 6.87. The molecule has 0 radical (unpaired) electrons. The van der Waals surface area contributed by atoms with E-state index in [-0.39, 0.29) is 13.2 Å². The minimum Gasteiger partial charge on any atom is -0.464 e. The molecule has 8 heteroatoms. The zero-order valence-corrected chi connectivity index (χ0v) is 15.4. The molecule has 0 rings (SSSR count). The second-order valence-corrected chi connectivity index (χ2v) is 6.87. The van der Waals surface area contributed by atoms with E-state index in [1.165, 1.54) is 27.7 Å². The van der Waals surface area contributed by atoms with E-state index in [0.29, 0.717) is 12.8 Å². The summed E-state index contributed by atoms with van der Waals surface area (Å²) in [4.78, 5) is 24.0. The van der Waals surface area contributed by atoms with Crippen molar-refractivity contribution >= 4 is 11.9 Å². The van der Waals surface area contributed by atoms with Gasteiger partial charge in [0, 0.05) is 12.8 Å². The molecule has 2 atom stereocenters. The molecule has 0 aromatic rings. The fourth-order valence-corrected chi connectivity index (χ4v) is 1.33. The van der Waals surface area contributed by atoms with Crippen LogP contribution in [0.4, 0.5) is 0 Å². The highest BCUT2D eigenvalue weighted by atomic mass is 16.5. The third-order valence-electron chi connectivity index (χ3n) is 3.09. The Morgan fingerprint density at radius 2 is 1.12 bits per heavy atom. The molecule has 0 heterocycles. The van der Waals surface area contributed by atoms with Crippen molar-refractivity contribution in [2.75, 3.05) is 13.2 Å². The van der Waals surface area contributed by atoms with E-state index >= 15 is 0 Å². The molecule has 0 saturated carbocycles. The number of carbonyl (C=O) groups is 2. The zero-order valence-electron chi connectivity index (χ0n) is 15.4. The van der Waals surface area contributed by atoms with Crippen molar-refractivity contribution < 1.29 is 29.3 Å². The maximum Gasteiger partial charge on any atom is 0.335 e. The van der Waals surface area contributed by atoms with E-state index in [4.69, 9.17) is 19.7 Å². The number of aliphatic hydroxyl groups excluding tert-OH is 2. The number of aliphatic hydroxyl groups is 2. The summed E-state index contributed by atoms with van der Waals surface area (Å²) in [5.41, 5.74) is -2.51. The number of esters is 2. The average Bonchev–Trinajstić information content (AvgIpc) is 2.44. The van der Waals surface area contributed by atoms with Crippen LogP contribution in [-0.2, 0) is 19.1 Å². The van der Waals surface area contributed by atoms with Crippen LogP contribution in [0, 0.1) is 0 Å². The molecule has 0 aromatic heterocycles. The van der Waals surface area contributed by atoms with Crippen molar-refractivity contribution in [1.29, 1.82) is 0 Å². The fourth-order valence-electron chi connectivity index (χ4n) is 1.33. The van der Waals surface area contributed by atoms with Crippen molar-refractivity contribution in [3.8, 4) is 0 Å². The van der Waals surface area contributed by atoms with Crippen LogP contribution in [0.25, 0.3) is 0 Å². The molecule has 0 aliphatic rings. The Bertz CT molecular complexity index is 404. The van der Waals surface area contributed by atoms with Gasteiger partial charge in [-0.25, -0.2) is 9.59 Å². The molecular formula is C16H30N2O6. The third kappa shape index (κ3) is 8.93. The Morgan fingerprint density at radius 1 is 0.833 bits per heavy atom. The van der Waals surface area contributed by atoms with Gasteiger partial charge in [-0.15, -0.1) is 0 Å². The van der Waals surface area contributed by atoms with Gasteiger partial charge < -0.3 is 19.7 Å². The second kappa shape index (κ2) is 9.68. The van der Waals surface area contributed by atoms with Crippen molar-refractivity contribution in [3.63, 3.8) is 0 Å². The fraction of sp³-hybridized carbons (Fsp3) is 0.875. The van der Waals surface area contributed by atoms with Crippen molar-refractivity contribution in [2.45, 2.75) is 77.7 Å². The Kier molecular flexibility index (Phi) is 9.06. The number of ether oxygens (including phenoxy) is 2. The SMILES string of the molecule is CC(O)CCOC(=O)C(C)(C)N=NC(C)(C)C(=O)OCCC(C)O. The van der Waals surface area contributed by atoms with Crippen LogP contribution in [0.15, 0.2) is 10.2 Å². The first kappa shape index (κ1) is 22.5. The van der Waals surface area contributed by atoms with Gasteiger partial charge in [0.25, 0.3) is 0 Å². The number of azo groups is 1. The smallest absolute Gasteiger partial charge is 0.335 e. The van der Waals surface area contributed by atoms with Gasteiger partial charge in [-0.2, -0.15) is 10.2 Å². The summed E-state index contributed by atoms with van der Waals surface area (Å²) < 4.78 is 10.1. The Labute approximate surface area is 143 Å². The molecule has 0 aliphatic heterocycles. The number of hydrogen-bond acceptors (Lipinski definition) is 8. The van der Waals surface area contributed by atoms with Gasteiger partial charge in [0.1, 0.15) is 0 Å². The van der Waals surface area contributed by atoms with E-state index in [1.54, 1.807) is 13.8 Å². The molecule has 0 saturated heterocycles. The van der Waals surface area contributed by atoms with Crippen molar-refractivity contribution in [1.82, 2.24) is 0 Å². The maximum absolute atomic E-state index is 12.0. The van der Waals surface area contributed by atoms with Crippen molar-refractivity contribution in [2.24, 2.45) is 10.2 Å². The van der Waals surface area contributed by atoms with E-state index in [2.05, 4.69) is 10.2 Å². The largest absolute Gasteiger partial charge is 0.464 e. The van der Waals surface area contributed by atoms with Gasteiger partial charge in [-0.05, 0) is 41.5 Å². The highest BCUT2D eigenvalue weighted by Crippen LogP contribution is 2.19. The number of hydrogen-bond donors (Lipinski definition) is 2. The molecule has 24 heavy (non-hydrogen) atoms. The molecule has 0 aromatic carbocycles. The Balaban J connectivity index is 4.63. The zero-order chi connectivity index (χ0) is 19.0. The topological polar surface area (TPSA) is 118 Å². The minimum atomic E-state index is -1.25. The molecule has 0 bridgehead atoms. The molecular weight excluding hydrogens is 316 g/mol. The van der Waals surface area contributed by atoms with Crippen LogP contribution < -0.4 is 0 Å². The molecule has 140 valence electrons. The summed E-state index contributed by atoms with van der Waals surface area (Å²) in [5, 5.41) is 26.1. The lowest BCUT2D eigenvalue weighted by Gasteiger charge is -2.21. The summed E-state index contributed by atoms with van der Waals surface area (Å²) in [6, 6.07) is 0. The van der Waals surface area contributed by atoms with Crippen molar-refractivity contribution in [3.05, 3.63) is 0 Å². The molecule has 0 spiro atoms. The highest BCUT2D eigenvalue weighted by Gasteiger charge is 2.34. The van der Waals surface area contributed by atoms with Gasteiger partial charge in [0.15, 0.2) is 11.1 Å². The molecule has 2 unspecified atom stereocenters. The lowest BCUT2D eigenvalue weighted by Crippen LogP contribution is -2.35. The van der Waals surface area contributed by atoms with Crippen LogP contribution in [0.2, 0.25) is 0 Å².